The first-order valence-electron chi connectivity index (χ1n) is 7.26. The SMILES string of the molecule is Cc1ccc(NC(=O)C2(N)C3CCOC3C2(C)C)cc1Br. The number of rotatable bonds is 2. The van der Waals surface area contributed by atoms with Crippen LogP contribution in [0.15, 0.2) is 22.7 Å². The Bertz CT molecular complexity index is 602. The van der Waals surface area contributed by atoms with Crippen LogP contribution in [0.2, 0.25) is 0 Å². The maximum atomic E-state index is 12.8. The van der Waals surface area contributed by atoms with Crippen LogP contribution in [-0.4, -0.2) is 24.2 Å². The average Bonchev–Trinajstić information content (AvgIpc) is 2.90. The zero-order valence-electron chi connectivity index (χ0n) is 12.6. The molecule has 1 saturated heterocycles. The minimum atomic E-state index is -0.870. The summed E-state index contributed by atoms with van der Waals surface area (Å²) in [6.45, 7) is 6.74. The summed E-state index contributed by atoms with van der Waals surface area (Å²) < 4.78 is 6.70. The van der Waals surface area contributed by atoms with Crippen LogP contribution >= 0.6 is 15.9 Å². The van der Waals surface area contributed by atoms with E-state index in [4.69, 9.17) is 10.5 Å². The third-order valence-electron chi connectivity index (χ3n) is 5.26. The summed E-state index contributed by atoms with van der Waals surface area (Å²) in [5.41, 5.74) is 7.20. The average molecular weight is 353 g/mol. The molecule has 1 heterocycles. The Morgan fingerprint density at radius 3 is 2.86 bits per heavy atom. The van der Waals surface area contributed by atoms with Gasteiger partial charge in [-0.3, -0.25) is 4.79 Å². The lowest BCUT2D eigenvalue weighted by atomic mass is 9.48. The largest absolute Gasteiger partial charge is 0.377 e. The predicted octanol–water partition coefficient (Wildman–Crippen LogP) is 2.84. The first-order valence-corrected chi connectivity index (χ1v) is 8.06. The third-order valence-corrected chi connectivity index (χ3v) is 6.11. The number of amides is 1. The van der Waals surface area contributed by atoms with Crippen molar-refractivity contribution in [3.63, 3.8) is 0 Å². The van der Waals surface area contributed by atoms with Gasteiger partial charge >= 0.3 is 0 Å². The highest BCUT2D eigenvalue weighted by molar-refractivity contribution is 9.10. The fourth-order valence-corrected chi connectivity index (χ4v) is 4.13. The standard InChI is InChI=1S/C16H21BrN2O2/c1-9-4-5-10(8-12(9)17)19-14(20)16(18)11-6-7-21-13(11)15(16,2)3/h4-5,8,11,13H,6-7,18H2,1-3H3,(H,19,20). The van der Waals surface area contributed by atoms with E-state index in [0.29, 0.717) is 6.61 Å². The van der Waals surface area contributed by atoms with Gasteiger partial charge in [0.1, 0.15) is 5.54 Å². The van der Waals surface area contributed by atoms with E-state index >= 15 is 0 Å². The quantitative estimate of drug-likeness (QED) is 0.859. The van der Waals surface area contributed by atoms with Crippen molar-refractivity contribution in [2.75, 3.05) is 11.9 Å². The number of carbonyl (C=O) groups excluding carboxylic acids is 1. The molecule has 0 radical (unpaired) electrons. The summed E-state index contributed by atoms with van der Waals surface area (Å²) in [6, 6.07) is 5.77. The topological polar surface area (TPSA) is 64.4 Å². The molecule has 3 unspecified atom stereocenters. The highest BCUT2D eigenvalue weighted by atomic mass is 79.9. The molecule has 114 valence electrons. The lowest BCUT2D eigenvalue weighted by molar-refractivity contribution is -0.170. The second kappa shape index (κ2) is 4.80. The van der Waals surface area contributed by atoms with Crippen LogP contribution in [0.1, 0.15) is 25.8 Å². The van der Waals surface area contributed by atoms with Crippen LogP contribution in [0.3, 0.4) is 0 Å². The predicted molar refractivity (Wildman–Crippen MR) is 86.1 cm³/mol. The third kappa shape index (κ3) is 1.98. The van der Waals surface area contributed by atoms with E-state index < -0.39 is 5.54 Å². The van der Waals surface area contributed by atoms with Gasteiger partial charge < -0.3 is 15.8 Å². The number of halogens is 1. The van der Waals surface area contributed by atoms with Gasteiger partial charge in [-0.1, -0.05) is 35.8 Å². The van der Waals surface area contributed by atoms with Crippen LogP contribution in [0, 0.1) is 18.3 Å². The minimum Gasteiger partial charge on any atom is -0.377 e. The summed E-state index contributed by atoms with van der Waals surface area (Å²) in [5, 5.41) is 2.97. The molecule has 3 rings (SSSR count). The molecule has 21 heavy (non-hydrogen) atoms. The molecule has 0 spiro atoms. The molecule has 1 aromatic carbocycles. The summed E-state index contributed by atoms with van der Waals surface area (Å²) in [5.74, 6) is -0.00334. The molecule has 1 aliphatic carbocycles. The molecule has 3 N–H and O–H groups in total. The van der Waals surface area contributed by atoms with Crippen molar-refractivity contribution in [1.82, 2.24) is 0 Å². The van der Waals surface area contributed by atoms with Crippen molar-refractivity contribution in [2.24, 2.45) is 17.1 Å². The molecule has 0 aromatic heterocycles. The molecule has 1 aromatic rings. The molecule has 1 amide bonds. The Hall–Kier alpha value is -0.910. The van der Waals surface area contributed by atoms with Gasteiger partial charge in [0.05, 0.1) is 6.10 Å². The molecule has 5 heteroatoms. The van der Waals surface area contributed by atoms with Crippen molar-refractivity contribution in [1.29, 1.82) is 0 Å². The van der Waals surface area contributed by atoms with E-state index in [0.717, 1.165) is 22.1 Å². The van der Waals surface area contributed by atoms with Crippen LogP contribution in [0.5, 0.6) is 0 Å². The van der Waals surface area contributed by atoms with E-state index in [1.54, 1.807) is 0 Å². The Labute approximate surface area is 133 Å². The van der Waals surface area contributed by atoms with Crippen molar-refractivity contribution >= 4 is 27.5 Å². The van der Waals surface area contributed by atoms with Gasteiger partial charge in [0.2, 0.25) is 5.91 Å². The van der Waals surface area contributed by atoms with Crippen molar-refractivity contribution in [3.05, 3.63) is 28.2 Å². The summed E-state index contributed by atoms with van der Waals surface area (Å²) in [7, 11) is 0. The van der Waals surface area contributed by atoms with Gasteiger partial charge in [-0.15, -0.1) is 0 Å². The number of aryl methyl sites for hydroxylation is 1. The maximum absolute atomic E-state index is 12.8. The number of carbonyl (C=O) groups is 1. The zero-order chi connectivity index (χ0) is 15.4. The molecule has 2 aliphatic rings. The van der Waals surface area contributed by atoms with Crippen molar-refractivity contribution in [3.8, 4) is 0 Å². The minimum absolute atomic E-state index is 0.0954. The van der Waals surface area contributed by atoms with Crippen molar-refractivity contribution < 1.29 is 9.53 Å². The van der Waals surface area contributed by atoms with Crippen LogP contribution in [-0.2, 0) is 9.53 Å². The first kappa shape index (κ1) is 15.0. The summed E-state index contributed by atoms with van der Waals surface area (Å²) in [6.07, 6.45) is 0.952. The number of nitrogens with two attached hydrogens (primary N) is 1. The maximum Gasteiger partial charge on any atom is 0.245 e. The van der Waals surface area contributed by atoms with E-state index in [1.165, 1.54) is 0 Å². The molecule has 0 bridgehead atoms. The smallest absolute Gasteiger partial charge is 0.245 e. The number of fused-ring (bicyclic) bond motifs is 1. The van der Waals surface area contributed by atoms with Gasteiger partial charge in [0.25, 0.3) is 0 Å². The molecule has 1 aliphatic heterocycles. The van der Waals surface area contributed by atoms with Gasteiger partial charge in [-0.05, 0) is 31.0 Å². The van der Waals surface area contributed by atoms with Gasteiger partial charge in [0, 0.05) is 28.1 Å². The summed E-state index contributed by atoms with van der Waals surface area (Å²) >= 11 is 3.48. The molecule has 1 saturated carbocycles. The number of ether oxygens (including phenoxy) is 1. The molecular weight excluding hydrogens is 332 g/mol. The highest BCUT2D eigenvalue weighted by Crippen LogP contribution is 2.58. The normalized spacial score (nSPS) is 33.2. The van der Waals surface area contributed by atoms with Gasteiger partial charge in [0.15, 0.2) is 0 Å². The Morgan fingerprint density at radius 1 is 1.48 bits per heavy atom. The Morgan fingerprint density at radius 2 is 2.19 bits per heavy atom. The monoisotopic (exact) mass is 352 g/mol. The number of hydrogen-bond acceptors (Lipinski definition) is 3. The van der Waals surface area contributed by atoms with E-state index in [9.17, 15) is 4.79 Å². The number of benzene rings is 1. The van der Waals surface area contributed by atoms with E-state index in [1.807, 2.05) is 39.0 Å². The molecule has 4 nitrogen and oxygen atoms in total. The van der Waals surface area contributed by atoms with Crippen LogP contribution < -0.4 is 11.1 Å². The van der Waals surface area contributed by atoms with E-state index in [-0.39, 0.29) is 23.3 Å². The number of anilines is 1. The Kier molecular flexibility index (Phi) is 3.43. The fourth-order valence-electron chi connectivity index (χ4n) is 3.75. The van der Waals surface area contributed by atoms with Crippen LogP contribution in [0.25, 0.3) is 0 Å². The van der Waals surface area contributed by atoms with Gasteiger partial charge in [-0.25, -0.2) is 0 Å². The zero-order valence-corrected chi connectivity index (χ0v) is 14.2. The molecule has 3 atom stereocenters. The van der Waals surface area contributed by atoms with Crippen molar-refractivity contribution in [2.45, 2.75) is 38.8 Å². The number of hydrogen-bond donors (Lipinski definition) is 2. The second-order valence-corrected chi connectivity index (χ2v) is 7.55. The molecular formula is C16H21BrN2O2. The second-order valence-electron chi connectivity index (χ2n) is 6.70. The lowest BCUT2D eigenvalue weighted by Crippen LogP contribution is -2.79. The fraction of sp³-hybridized carbons (Fsp3) is 0.562. The molecule has 2 fully saturated rings. The summed E-state index contributed by atoms with van der Waals surface area (Å²) in [4.78, 5) is 12.8. The van der Waals surface area contributed by atoms with Gasteiger partial charge in [-0.2, -0.15) is 0 Å². The number of nitrogens with one attached hydrogen (secondary N) is 1. The lowest BCUT2D eigenvalue weighted by Gasteiger charge is -2.60. The Balaban J connectivity index is 1.83. The highest BCUT2D eigenvalue weighted by Gasteiger charge is 2.71. The van der Waals surface area contributed by atoms with E-state index in [2.05, 4.69) is 21.2 Å². The first-order chi connectivity index (χ1) is 9.78. The van der Waals surface area contributed by atoms with Crippen LogP contribution in [0.4, 0.5) is 5.69 Å².